The first-order valence-corrected chi connectivity index (χ1v) is 9.83. The van der Waals surface area contributed by atoms with Gasteiger partial charge in [0.15, 0.2) is 0 Å². The summed E-state index contributed by atoms with van der Waals surface area (Å²) in [7, 11) is 0. The number of aliphatic hydroxyl groups is 1. The van der Waals surface area contributed by atoms with E-state index in [1.807, 2.05) is 35.7 Å². The van der Waals surface area contributed by atoms with Gasteiger partial charge in [-0.3, -0.25) is 4.79 Å². The molecule has 3 aromatic rings. The van der Waals surface area contributed by atoms with Gasteiger partial charge >= 0.3 is 0 Å². The van der Waals surface area contributed by atoms with E-state index in [-0.39, 0.29) is 11.9 Å². The van der Waals surface area contributed by atoms with Crippen molar-refractivity contribution in [3.63, 3.8) is 0 Å². The molecule has 0 aliphatic heterocycles. The van der Waals surface area contributed by atoms with Crippen molar-refractivity contribution in [2.24, 2.45) is 0 Å². The number of aliphatic hydroxyl groups excluding tert-OH is 1. The van der Waals surface area contributed by atoms with Crippen LogP contribution in [0.25, 0.3) is 21.5 Å². The lowest BCUT2D eigenvalue weighted by Gasteiger charge is -2.28. The zero-order valence-electron chi connectivity index (χ0n) is 14.4. The number of thiophene rings is 1. The maximum Gasteiger partial charge on any atom is 0.224 e. The van der Waals surface area contributed by atoms with Gasteiger partial charge in [-0.1, -0.05) is 37.1 Å². The van der Waals surface area contributed by atoms with E-state index in [1.54, 1.807) is 17.7 Å². The summed E-state index contributed by atoms with van der Waals surface area (Å²) in [5.74, 6) is -0.0358. The molecule has 0 bridgehead atoms. The number of hydrogen-bond acceptors (Lipinski definition) is 5. The van der Waals surface area contributed by atoms with Crippen molar-refractivity contribution < 1.29 is 9.90 Å². The minimum atomic E-state index is -0.416. The van der Waals surface area contributed by atoms with Crippen molar-refractivity contribution in [1.29, 1.82) is 0 Å². The summed E-state index contributed by atoms with van der Waals surface area (Å²) in [6.45, 7) is 0. The van der Waals surface area contributed by atoms with E-state index in [0.29, 0.717) is 6.42 Å². The van der Waals surface area contributed by atoms with Gasteiger partial charge in [0.2, 0.25) is 5.91 Å². The molecule has 26 heavy (non-hydrogen) atoms. The summed E-state index contributed by atoms with van der Waals surface area (Å²) in [6, 6.07) is 9.81. The van der Waals surface area contributed by atoms with Crippen LogP contribution >= 0.6 is 11.3 Å². The maximum absolute atomic E-state index is 12.3. The van der Waals surface area contributed by atoms with Crippen molar-refractivity contribution in [2.45, 2.75) is 44.2 Å². The van der Waals surface area contributed by atoms with Gasteiger partial charge in [0, 0.05) is 5.56 Å². The lowest BCUT2D eigenvalue weighted by Crippen LogP contribution is -2.45. The molecule has 0 saturated heterocycles. The molecular formula is C20H21N3O2S. The zero-order valence-corrected chi connectivity index (χ0v) is 15.2. The number of amides is 1. The fourth-order valence-electron chi connectivity index (χ4n) is 3.50. The second-order valence-electron chi connectivity index (χ2n) is 6.76. The fraction of sp³-hybridized carbons (Fsp3) is 0.350. The highest BCUT2D eigenvalue weighted by Gasteiger charge is 2.24. The largest absolute Gasteiger partial charge is 0.391 e. The van der Waals surface area contributed by atoms with Crippen LogP contribution in [-0.2, 0) is 11.2 Å². The molecule has 2 heterocycles. The summed E-state index contributed by atoms with van der Waals surface area (Å²) < 4.78 is 1.07. The lowest BCUT2D eigenvalue weighted by molar-refractivity contribution is -0.122. The molecule has 2 N–H and O–H groups in total. The molecule has 0 unspecified atom stereocenters. The number of carbonyl (C=O) groups is 1. The Balaban J connectivity index is 1.44. The van der Waals surface area contributed by atoms with Crippen molar-refractivity contribution in [3.8, 4) is 11.3 Å². The van der Waals surface area contributed by atoms with Crippen molar-refractivity contribution in [3.05, 3.63) is 47.6 Å². The number of aromatic nitrogens is 2. The van der Waals surface area contributed by atoms with E-state index in [2.05, 4.69) is 15.3 Å². The summed E-state index contributed by atoms with van der Waals surface area (Å²) in [5, 5.41) is 15.0. The van der Waals surface area contributed by atoms with Crippen molar-refractivity contribution in [2.75, 3.05) is 0 Å². The van der Waals surface area contributed by atoms with Gasteiger partial charge in [-0.2, -0.15) is 0 Å². The van der Waals surface area contributed by atoms with Crippen molar-refractivity contribution >= 4 is 27.5 Å². The average Bonchev–Trinajstić information content (AvgIpc) is 3.13. The van der Waals surface area contributed by atoms with Gasteiger partial charge in [0.05, 0.1) is 34.5 Å². The quantitative estimate of drug-likeness (QED) is 0.742. The standard InChI is InChI=1S/C20H21N3O2S/c24-17-4-2-1-3-15(17)23-18(25)11-13-5-7-14(8-6-13)19-20-16(9-10-26-20)21-12-22-19/h5-10,12,15,17,24H,1-4,11H2,(H,23,25)/t15-,17-/m1/s1. The Morgan fingerprint density at radius 2 is 1.96 bits per heavy atom. The highest BCUT2D eigenvalue weighted by atomic mass is 32.1. The van der Waals surface area contributed by atoms with Crippen LogP contribution in [0.3, 0.4) is 0 Å². The molecular weight excluding hydrogens is 346 g/mol. The number of hydrogen-bond donors (Lipinski definition) is 2. The van der Waals surface area contributed by atoms with E-state index >= 15 is 0 Å². The van der Waals surface area contributed by atoms with Crippen LogP contribution in [0, 0.1) is 0 Å². The number of carbonyl (C=O) groups excluding carboxylic acids is 1. The topological polar surface area (TPSA) is 75.1 Å². The summed E-state index contributed by atoms with van der Waals surface area (Å²) in [5.41, 5.74) is 3.85. The fourth-order valence-corrected chi connectivity index (χ4v) is 4.35. The molecule has 4 rings (SSSR count). The SMILES string of the molecule is O=C(Cc1ccc(-c2ncnc3ccsc23)cc1)N[C@@H]1CCCC[C@H]1O. The van der Waals surface area contributed by atoms with Gasteiger partial charge in [-0.25, -0.2) is 9.97 Å². The molecule has 1 aliphatic rings. The highest BCUT2D eigenvalue weighted by molar-refractivity contribution is 7.17. The van der Waals surface area contributed by atoms with E-state index in [1.165, 1.54) is 0 Å². The van der Waals surface area contributed by atoms with E-state index in [0.717, 1.165) is 52.7 Å². The van der Waals surface area contributed by atoms with Gasteiger partial charge in [-0.15, -0.1) is 11.3 Å². The molecule has 1 saturated carbocycles. The lowest BCUT2D eigenvalue weighted by atomic mass is 9.92. The molecule has 0 spiro atoms. The normalized spacial score (nSPS) is 20.2. The van der Waals surface area contributed by atoms with Crippen molar-refractivity contribution in [1.82, 2.24) is 15.3 Å². The van der Waals surface area contributed by atoms with Crippen LogP contribution < -0.4 is 5.32 Å². The Hall–Kier alpha value is -2.31. The minimum absolute atomic E-state index is 0.0358. The monoisotopic (exact) mass is 367 g/mol. The van der Waals surface area contributed by atoms with E-state index < -0.39 is 6.10 Å². The molecule has 2 atom stereocenters. The number of benzene rings is 1. The van der Waals surface area contributed by atoms with Crippen LogP contribution in [0.15, 0.2) is 42.0 Å². The first kappa shape index (κ1) is 17.1. The predicted molar refractivity (Wildman–Crippen MR) is 103 cm³/mol. The molecule has 1 aromatic carbocycles. The van der Waals surface area contributed by atoms with Crippen LogP contribution in [0.1, 0.15) is 31.2 Å². The first-order chi connectivity index (χ1) is 12.7. The predicted octanol–water partition coefficient (Wildman–Crippen LogP) is 3.32. The number of fused-ring (bicyclic) bond motifs is 1. The van der Waals surface area contributed by atoms with Crippen LogP contribution in [-0.4, -0.2) is 33.1 Å². The van der Waals surface area contributed by atoms with Gasteiger partial charge < -0.3 is 10.4 Å². The smallest absolute Gasteiger partial charge is 0.224 e. The highest BCUT2D eigenvalue weighted by Crippen LogP contribution is 2.29. The molecule has 1 aliphatic carbocycles. The van der Waals surface area contributed by atoms with Crippen LogP contribution in [0.5, 0.6) is 0 Å². The Kier molecular flexibility index (Phi) is 4.95. The third-order valence-corrected chi connectivity index (χ3v) is 5.82. The summed E-state index contributed by atoms with van der Waals surface area (Å²) in [6.07, 6.45) is 5.22. The minimum Gasteiger partial charge on any atom is -0.391 e. The maximum atomic E-state index is 12.3. The first-order valence-electron chi connectivity index (χ1n) is 8.95. The van der Waals surface area contributed by atoms with Gasteiger partial charge in [0.25, 0.3) is 0 Å². The number of nitrogens with zero attached hydrogens (tertiary/aromatic N) is 2. The Labute approximate surface area is 156 Å². The molecule has 1 amide bonds. The second-order valence-corrected chi connectivity index (χ2v) is 7.67. The van der Waals surface area contributed by atoms with Crippen LogP contribution in [0.4, 0.5) is 0 Å². The molecule has 5 nitrogen and oxygen atoms in total. The molecule has 1 fully saturated rings. The van der Waals surface area contributed by atoms with E-state index in [4.69, 9.17) is 0 Å². The Morgan fingerprint density at radius 1 is 1.15 bits per heavy atom. The summed E-state index contributed by atoms with van der Waals surface area (Å²) in [4.78, 5) is 21.0. The third-order valence-electron chi connectivity index (χ3n) is 4.91. The molecule has 0 radical (unpaired) electrons. The van der Waals surface area contributed by atoms with E-state index in [9.17, 15) is 9.90 Å². The molecule has 6 heteroatoms. The zero-order chi connectivity index (χ0) is 17.9. The molecule has 2 aromatic heterocycles. The number of nitrogens with one attached hydrogen (secondary N) is 1. The number of rotatable bonds is 4. The van der Waals surface area contributed by atoms with Gasteiger partial charge in [0.1, 0.15) is 6.33 Å². The van der Waals surface area contributed by atoms with Crippen LogP contribution in [0.2, 0.25) is 0 Å². The second kappa shape index (κ2) is 7.51. The molecule has 134 valence electrons. The third kappa shape index (κ3) is 3.61. The summed E-state index contributed by atoms with van der Waals surface area (Å²) >= 11 is 1.63. The Morgan fingerprint density at radius 3 is 2.77 bits per heavy atom. The Bertz CT molecular complexity index is 907. The van der Waals surface area contributed by atoms with Gasteiger partial charge in [-0.05, 0) is 29.9 Å². The average molecular weight is 367 g/mol.